The van der Waals surface area contributed by atoms with Crippen molar-refractivity contribution in [1.82, 2.24) is 9.97 Å². The van der Waals surface area contributed by atoms with Gasteiger partial charge in [-0.05, 0) is 48.4 Å². The molecule has 0 aliphatic rings. The van der Waals surface area contributed by atoms with E-state index in [1.165, 1.54) is 16.8 Å². The zero-order valence-corrected chi connectivity index (χ0v) is 13.3. The highest BCUT2D eigenvalue weighted by Crippen LogP contribution is 2.24. The number of carboxylic acids is 1. The van der Waals surface area contributed by atoms with E-state index in [0.29, 0.717) is 5.69 Å². The summed E-state index contributed by atoms with van der Waals surface area (Å²) in [5.74, 6) is -0.884. The minimum atomic E-state index is -0.884. The van der Waals surface area contributed by atoms with E-state index in [4.69, 9.17) is 0 Å². The minimum Gasteiger partial charge on any atom is -0.477 e. The van der Waals surface area contributed by atoms with E-state index in [-0.39, 0.29) is 0 Å². The lowest BCUT2D eigenvalue weighted by atomic mass is 10.0. The van der Waals surface area contributed by atoms with E-state index in [2.05, 4.69) is 36.9 Å². The second-order valence-corrected chi connectivity index (χ2v) is 5.40. The Kier molecular flexibility index (Phi) is 4.56. The van der Waals surface area contributed by atoms with Crippen LogP contribution in [0.2, 0.25) is 0 Å². The van der Waals surface area contributed by atoms with E-state index in [9.17, 15) is 9.90 Å². The van der Waals surface area contributed by atoms with Crippen LogP contribution in [-0.4, -0.2) is 21.0 Å². The van der Waals surface area contributed by atoms with Crippen LogP contribution in [0.5, 0.6) is 0 Å². The first-order chi connectivity index (χ1) is 10.0. The molecule has 4 heteroatoms. The molecule has 0 fully saturated rings. The summed E-state index contributed by atoms with van der Waals surface area (Å²) in [6, 6.07) is 0. The summed E-state index contributed by atoms with van der Waals surface area (Å²) in [5.41, 5.74) is 7.24. The molecule has 2 rings (SSSR count). The summed E-state index contributed by atoms with van der Waals surface area (Å²) >= 11 is 0. The smallest absolute Gasteiger partial charge is 0.352 e. The third kappa shape index (κ3) is 2.75. The standard InChI is InChI=1S/C17H24N2O2/c1-5-11-9-18-14(13(11)7-3)8-15-12(6-2)10(4)16(19-15)17(20)21/h9,18-19H,5-8H2,1-4H3,(H,20,21). The van der Waals surface area contributed by atoms with Crippen LogP contribution >= 0.6 is 0 Å². The van der Waals surface area contributed by atoms with Crippen LogP contribution < -0.4 is 0 Å². The number of aromatic amines is 2. The maximum Gasteiger partial charge on any atom is 0.352 e. The Hall–Kier alpha value is -1.97. The lowest BCUT2D eigenvalue weighted by Crippen LogP contribution is -2.00. The largest absolute Gasteiger partial charge is 0.477 e. The number of H-pyrrole nitrogens is 2. The number of carboxylic acid groups (broad SMARTS) is 1. The predicted molar refractivity (Wildman–Crippen MR) is 84.2 cm³/mol. The normalized spacial score (nSPS) is 11.0. The highest BCUT2D eigenvalue weighted by molar-refractivity contribution is 5.88. The Bertz CT molecular complexity index is 650. The van der Waals surface area contributed by atoms with Gasteiger partial charge in [0.1, 0.15) is 5.69 Å². The number of hydrogen-bond donors (Lipinski definition) is 3. The van der Waals surface area contributed by atoms with Crippen molar-refractivity contribution in [3.63, 3.8) is 0 Å². The molecule has 0 aliphatic carbocycles. The van der Waals surface area contributed by atoms with Gasteiger partial charge in [0.15, 0.2) is 0 Å². The minimum absolute atomic E-state index is 0.321. The van der Waals surface area contributed by atoms with Crippen LogP contribution in [0.15, 0.2) is 6.20 Å². The molecule has 21 heavy (non-hydrogen) atoms. The maximum absolute atomic E-state index is 11.3. The molecule has 0 aliphatic heterocycles. The fourth-order valence-electron chi connectivity index (χ4n) is 3.17. The molecule has 2 aromatic rings. The number of carbonyl (C=O) groups is 1. The highest BCUT2D eigenvalue weighted by Gasteiger charge is 2.19. The van der Waals surface area contributed by atoms with E-state index >= 15 is 0 Å². The van der Waals surface area contributed by atoms with Crippen LogP contribution in [0.1, 0.15) is 64.9 Å². The second kappa shape index (κ2) is 6.20. The summed E-state index contributed by atoms with van der Waals surface area (Å²) in [4.78, 5) is 17.8. The molecular formula is C17H24N2O2. The van der Waals surface area contributed by atoms with Crippen molar-refractivity contribution in [2.24, 2.45) is 0 Å². The van der Waals surface area contributed by atoms with Gasteiger partial charge >= 0.3 is 5.97 Å². The highest BCUT2D eigenvalue weighted by atomic mass is 16.4. The van der Waals surface area contributed by atoms with Gasteiger partial charge in [-0.15, -0.1) is 0 Å². The lowest BCUT2D eigenvalue weighted by Gasteiger charge is -2.05. The van der Waals surface area contributed by atoms with Gasteiger partial charge in [0.05, 0.1) is 0 Å². The first-order valence-corrected chi connectivity index (χ1v) is 7.64. The summed E-state index contributed by atoms with van der Waals surface area (Å²) in [7, 11) is 0. The van der Waals surface area contributed by atoms with Gasteiger partial charge in [-0.2, -0.15) is 0 Å². The molecule has 2 aromatic heterocycles. The third-order valence-corrected chi connectivity index (χ3v) is 4.30. The van der Waals surface area contributed by atoms with Crippen LogP contribution in [0.25, 0.3) is 0 Å². The van der Waals surface area contributed by atoms with Gasteiger partial charge < -0.3 is 15.1 Å². The summed E-state index contributed by atoms with van der Waals surface area (Å²) < 4.78 is 0. The van der Waals surface area contributed by atoms with Gasteiger partial charge in [0, 0.05) is 24.0 Å². The maximum atomic E-state index is 11.3. The van der Waals surface area contributed by atoms with Gasteiger partial charge in [-0.3, -0.25) is 0 Å². The number of aromatic carboxylic acids is 1. The molecule has 0 unspecified atom stereocenters. The molecular weight excluding hydrogens is 264 g/mol. The summed E-state index contributed by atoms with van der Waals surface area (Å²) in [6.07, 6.45) is 5.67. The predicted octanol–water partition coefficient (Wildman–Crippen LogP) is 3.63. The Morgan fingerprint density at radius 1 is 1.10 bits per heavy atom. The van der Waals surface area contributed by atoms with Crippen molar-refractivity contribution in [1.29, 1.82) is 0 Å². The van der Waals surface area contributed by atoms with Crippen molar-refractivity contribution in [2.75, 3.05) is 0 Å². The van der Waals surface area contributed by atoms with Gasteiger partial charge in [-0.25, -0.2) is 4.79 Å². The molecule has 0 radical (unpaired) electrons. The molecule has 0 saturated carbocycles. The van der Waals surface area contributed by atoms with Crippen molar-refractivity contribution < 1.29 is 9.90 Å². The van der Waals surface area contributed by atoms with Crippen LogP contribution in [0.3, 0.4) is 0 Å². The van der Waals surface area contributed by atoms with Crippen molar-refractivity contribution in [3.8, 4) is 0 Å². The summed E-state index contributed by atoms with van der Waals surface area (Å²) in [6.45, 7) is 8.27. The van der Waals surface area contributed by atoms with Crippen LogP contribution in [-0.2, 0) is 25.7 Å². The molecule has 0 saturated heterocycles. The van der Waals surface area contributed by atoms with Crippen molar-refractivity contribution >= 4 is 5.97 Å². The Morgan fingerprint density at radius 2 is 1.76 bits per heavy atom. The quantitative estimate of drug-likeness (QED) is 0.759. The zero-order valence-electron chi connectivity index (χ0n) is 13.3. The Balaban J connectivity index is 2.42. The fourth-order valence-corrected chi connectivity index (χ4v) is 3.17. The average molecular weight is 288 g/mol. The van der Waals surface area contributed by atoms with E-state index < -0.39 is 5.97 Å². The number of aromatic nitrogens is 2. The monoisotopic (exact) mass is 288 g/mol. The molecule has 114 valence electrons. The second-order valence-electron chi connectivity index (χ2n) is 5.40. The zero-order chi connectivity index (χ0) is 15.6. The molecule has 0 aromatic carbocycles. The SMILES string of the molecule is CCc1c[nH]c(Cc2[nH]c(C(=O)O)c(C)c2CC)c1CC. The van der Waals surface area contributed by atoms with E-state index in [0.717, 1.165) is 42.5 Å². The third-order valence-electron chi connectivity index (χ3n) is 4.30. The summed E-state index contributed by atoms with van der Waals surface area (Å²) in [5, 5.41) is 9.27. The molecule has 4 nitrogen and oxygen atoms in total. The van der Waals surface area contributed by atoms with Gasteiger partial charge in [0.25, 0.3) is 0 Å². The molecule has 3 N–H and O–H groups in total. The molecule has 0 atom stereocenters. The molecule has 0 spiro atoms. The lowest BCUT2D eigenvalue weighted by molar-refractivity contribution is 0.0690. The van der Waals surface area contributed by atoms with Crippen molar-refractivity contribution in [3.05, 3.63) is 45.5 Å². The van der Waals surface area contributed by atoms with E-state index in [1.54, 1.807) is 0 Å². The fraction of sp³-hybridized carbons (Fsp3) is 0.471. The first kappa shape index (κ1) is 15.4. The van der Waals surface area contributed by atoms with Crippen molar-refractivity contribution in [2.45, 2.75) is 53.4 Å². The Labute approximate surface area is 125 Å². The van der Waals surface area contributed by atoms with Crippen LogP contribution in [0, 0.1) is 6.92 Å². The Morgan fingerprint density at radius 3 is 2.29 bits per heavy atom. The first-order valence-electron chi connectivity index (χ1n) is 7.64. The topological polar surface area (TPSA) is 68.9 Å². The molecule has 0 bridgehead atoms. The number of rotatable bonds is 6. The van der Waals surface area contributed by atoms with Crippen LogP contribution in [0.4, 0.5) is 0 Å². The van der Waals surface area contributed by atoms with Gasteiger partial charge in [0.2, 0.25) is 0 Å². The molecule has 2 heterocycles. The average Bonchev–Trinajstić information content (AvgIpc) is 2.99. The number of hydrogen-bond acceptors (Lipinski definition) is 1. The molecule has 0 amide bonds. The van der Waals surface area contributed by atoms with E-state index in [1.807, 2.05) is 6.92 Å². The van der Waals surface area contributed by atoms with Gasteiger partial charge in [-0.1, -0.05) is 20.8 Å². The number of nitrogens with one attached hydrogen (secondary N) is 2. The number of aryl methyl sites for hydroxylation is 1.